The summed E-state index contributed by atoms with van der Waals surface area (Å²) in [5.74, 6) is -1.50. The molecule has 6 nitrogen and oxygen atoms in total. The van der Waals surface area contributed by atoms with Crippen molar-refractivity contribution in [2.45, 2.75) is 20.8 Å². The molecule has 0 fully saturated rings. The van der Waals surface area contributed by atoms with E-state index in [1.807, 2.05) is 0 Å². The molecule has 0 bridgehead atoms. The molecule has 2 rings (SSSR count). The molecule has 0 saturated carbocycles. The summed E-state index contributed by atoms with van der Waals surface area (Å²) in [5, 5.41) is 5.92. The molecule has 0 aromatic heterocycles. The fourth-order valence-corrected chi connectivity index (χ4v) is 2.43. The van der Waals surface area contributed by atoms with Crippen molar-refractivity contribution in [3.8, 4) is 0 Å². The minimum absolute atomic E-state index is 0.298. The lowest BCUT2D eigenvalue weighted by Crippen LogP contribution is -2.41. The van der Waals surface area contributed by atoms with Crippen molar-refractivity contribution in [3.63, 3.8) is 0 Å². The van der Waals surface area contributed by atoms with Gasteiger partial charge in [0.25, 0.3) is 0 Å². The maximum Gasteiger partial charge on any atom is 0.337 e. The Morgan fingerprint density at radius 2 is 1.63 bits per heavy atom. The summed E-state index contributed by atoms with van der Waals surface area (Å²) in [5.41, 5.74) is 0.584. The lowest BCUT2D eigenvalue weighted by Gasteiger charge is -2.23. The summed E-state index contributed by atoms with van der Waals surface area (Å²) in [6.07, 6.45) is 0. The number of esters is 1. The van der Waals surface area contributed by atoms with Gasteiger partial charge in [0.1, 0.15) is 5.41 Å². The minimum Gasteiger partial charge on any atom is -0.465 e. The van der Waals surface area contributed by atoms with Crippen LogP contribution < -0.4 is 10.6 Å². The monoisotopic (exact) mass is 388 g/mol. The van der Waals surface area contributed by atoms with Crippen molar-refractivity contribution in [1.29, 1.82) is 0 Å². The third-order valence-corrected chi connectivity index (χ3v) is 4.60. The third kappa shape index (κ3) is 4.65. The van der Waals surface area contributed by atoms with Crippen molar-refractivity contribution in [2.24, 2.45) is 5.41 Å². The van der Waals surface area contributed by atoms with Gasteiger partial charge < -0.3 is 15.4 Å². The molecule has 0 atom stereocenters. The van der Waals surface area contributed by atoms with Gasteiger partial charge in [-0.05, 0) is 56.7 Å². The minimum atomic E-state index is -1.37. The van der Waals surface area contributed by atoms with E-state index >= 15 is 0 Å². The van der Waals surface area contributed by atoms with Crippen LogP contribution in [0.3, 0.4) is 0 Å². The average molecular weight is 389 g/mol. The van der Waals surface area contributed by atoms with Crippen LogP contribution in [0.4, 0.5) is 11.4 Å². The molecule has 0 unspecified atom stereocenters. The van der Waals surface area contributed by atoms with Gasteiger partial charge in [-0.25, -0.2) is 4.79 Å². The zero-order valence-electron chi connectivity index (χ0n) is 15.6. The van der Waals surface area contributed by atoms with Crippen LogP contribution in [0.15, 0.2) is 42.5 Å². The fourth-order valence-electron chi connectivity index (χ4n) is 2.25. The molecule has 0 aliphatic rings. The number of carbonyl (C=O) groups excluding carboxylic acids is 3. The Bertz CT molecular complexity index is 893. The first-order valence-corrected chi connectivity index (χ1v) is 8.61. The highest BCUT2D eigenvalue weighted by Crippen LogP contribution is 2.26. The maximum absolute atomic E-state index is 12.7. The molecule has 2 aromatic carbocycles. The number of hydrogen-bond acceptors (Lipinski definition) is 4. The van der Waals surface area contributed by atoms with Crippen LogP contribution in [0, 0.1) is 12.3 Å². The van der Waals surface area contributed by atoms with Crippen molar-refractivity contribution in [1.82, 2.24) is 0 Å². The number of methoxy groups -OCH3 is 1. The summed E-state index contributed by atoms with van der Waals surface area (Å²) in [6.45, 7) is 4.81. The van der Waals surface area contributed by atoms with Gasteiger partial charge in [0.15, 0.2) is 0 Å². The third-order valence-electron chi connectivity index (χ3n) is 4.19. The van der Waals surface area contributed by atoms with E-state index in [0.717, 1.165) is 5.56 Å². The Balaban J connectivity index is 2.15. The molecule has 7 heteroatoms. The topological polar surface area (TPSA) is 84.5 Å². The second-order valence-corrected chi connectivity index (χ2v) is 6.93. The van der Waals surface area contributed by atoms with Gasteiger partial charge in [-0.2, -0.15) is 0 Å². The van der Waals surface area contributed by atoms with E-state index in [0.29, 0.717) is 22.0 Å². The molecule has 0 saturated heterocycles. The second-order valence-electron chi connectivity index (χ2n) is 6.52. The Labute approximate surface area is 162 Å². The van der Waals surface area contributed by atoms with Gasteiger partial charge in [0.05, 0.1) is 12.7 Å². The number of hydrogen-bond donors (Lipinski definition) is 2. The van der Waals surface area contributed by atoms with E-state index < -0.39 is 23.2 Å². The first-order valence-electron chi connectivity index (χ1n) is 8.23. The Hall–Kier alpha value is -2.86. The number of benzene rings is 2. The summed E-state index contributed by atoms with van der Waals surface area (Å²) in [4.78, 5) is 36.9. The molecular weight excluding hydrogens is 368 g/mol. The summed E-state index contributed by atoms with van der Waals surface area (Å²) < 4.78 is 4.66. The van der Waals surface area contributed by atoms with Crippen molar-refractivity contribution in [3.05, 3.63) is 58.6 Å². The SMILES string of the molecule is COC(=O)c1cccc(NC(=O)C(C)(C)C(=O)Nc2cccc(Cl)c2C)c1. The Morgan fingerprint density at radius 1 is 1.00 bits per heavy atom. The Kier molecular flexibility index (Phi) is 6.23. The maximum atomic E-state index is 12.7. The molecular formula is C20H21ClN2O4. The molecule has 0 aliphatic carbocycles. The molecule has 0 heterocycles. The van der Waals surface area contributed by atoms with E-state index in [1.165, 1.54) is 27.0 Å². The molecule has 2 amide bonds. The van der Waals surface area contributed by atoms with Crippen LogP contribution in [0.2, 0.25) is 5.02 Å². The van der Waals surface area contributed by atoms with E-state index in [9.17, 15) is 14.4 Å². The predicted octanol–water partition coefficient (Wildman–Crippen LogP) is 4.04. The van der Waals surface area contributed by atoms with Crippen LogP contribution in [0.1, 0.15) is 29.8 Å². The quantitative estimate of drug-likeness (QED) is 0.598. The van der Waals surface area contributed by atoms with Gasteiger partial charge in [0.2, 0.25) is 11.8 Å². The number of ether oxygens (including phenoxy) is 1. The van der Waals surface area contributed by atoms with Crippen molar-refractivity contribution in [2.75, 3.05) is 17.7 Å². The van der Waals surface area contributed by atoms with Crippen LogP contribution in [0.25, 0.3) is 0 Å². The summed E-state index contributed by atoms with van der Waals surface area (Å²) in [6, 6.07) is 11.5. The normalized spacial score (nSPS) is 10.9. The van der Waals surface area contributed by atoms with Gasteiger partial charge in [-0.3, -0.25) is 9.59 Å². The number of amides is 2. The van der Waals surface area contributed by atoms with Gasteiger partial charge >= 0.3 is 5.97 Å². The zero-order valence-corrected chi connectivity index (χ0v) is 16.3. The zero-order chi connectivity index (χ0) is 20.2. The lowest BCUT2D eigenvalue weighted by molar-refractivity contribution is -0.135. The average Bonchev–Trinajstić information content (AvgIpc) is 2.64. The predicted molar refractivity (Wildman–Crippen MR) is 105 cm³/mol. The van der Waals surface area contributed by atoms with Gasteiger partial charge in [0, 0.05) is 16.4 Å². The largest absolute Gasteiger partial charge is 0.465 e. The molecule has 2 N–H and O–H groups in total. The lowest BCUT2D eigenvalue weighted by atomic mass is 9.90. The highest BCUT2D eigenvalue weighted by molar-refractivity contribution is 6.31. The Morgan fingerprint density at radius 3 is 2.30 bits per heavy atom. The molecule has 2 aromatic rings. The van der Waals surface area contributed by atoms with E-state index in [2.05, 4.69) is 15.4 Å². The molecule has 0 spiro atoms. The van der Waals surface area contributed by atoms with E-state index in [4.69, 9.17) is 11.6 Å². The highest BCUT2D eigenvalue weighted by atomic mass is 35.5. The number of halogens is 1. The number of rotatable bonds is 5. The van der Waals surface area contributed by atoms with Crippen LogP contribution in [-0.4, -0.2) is 24.9 Å². The number of anilines is 2. The number of nitrogens with one attached hydrogen (secondary N) is 2. The molecule has 27 heavy (non-hydrogen) atoms. The standard InChI is InChI=1S/C20H21ClN2O4/c1-12-15(21)9-6-10-16(12)23-19(26)20(2,3)18(25)22-14-8-5-7-13(11-14)17(24)27-4/h5-11H,1-4H3,(H,22,25)(H,23,26). The van der Waals surface area contributed by atoms with Crippen molar-refractivity contribution >= 4 is 40.8 Å². The van der Waals surface area contributed by atoms with E-state index in [-0.39, 0.29) is 0 Å². The summed E-state index contributed by atoms with van der Waals surface area (Å²) in [7, 11) is 1.28. The van der Waals surface area contributed by atoms with Gasteiger partial charge in [-0.1, -0.05) is 23.7 Å². The highest BCUT2D eigenvalue weighted by Gasteiger charge is 2.36. The number of carbonyl (C=O) groups is 3. The van der Waals surface area contributed by atoms with Crippen LogP contribution >= 0.6 is 11.6 Å². The smallest absolute Gasteiger partial charge is 0.337 e. The fraction of sp³-hybridized carbons (Fsp3) is 0.250. The second kappa shape index (κ2) is 8.22. The first-order chi connectivity index (χ1) is 12.7. The van der Waals surface area contributed by atoms with Crippen LogP contribution in [0.5, 0.6) is 0 Å². The first kappa shape index (κ1) is 20.5. The van der Waals surface area contributed by atoms with E-state index in [1.54, 1.807) is 43.3 Å². The van der Waals surface area contributed by atoms with Gasteiger partial charge in [-0.15, -0.1) is 0 Å². The molecule has 0 radical (unpaired) electrons. The van der Waals surface area contributed by atoms with Crippen molar-refractivity contribution < 1.29 is 19.1 Å². The summed E-state index contributed by atoms with van der Waals surface area (Å²) >= 11 is 6.07. The molecule has 0 aliphatic heterocycles. The molecule has 142 valence electrons. The van der Waals surface area contributed by atoms with Crippen LogP contribution in [-0.2, 0) is 14.3 Å².